The lowest BCUT2D eigenvalue weighted by Gasteiger charge is -2.39. The Morgan fingerprint density at radius 2 is 1.13 bits per heavy atom. The second-order valence-electron chi connectivity index (χ2n) is 31.9. The van der Waals surface area contributed by atoms with Crippen LogP contribution < -0.4 is 85.3 Å². The number of aliphatic hydroxyl groups excluding tert-OH is 9. The fraction of sp³-hybridized carbons (Fsp3) is 0.743. The van der Waals surface area contributed by atoms with Crippen LogP contribution in [0.2, 0.25) is 0 Å². The largest absolute Gasteiger partial charge is 0.548 e. The number of aliphatic hydroxyl groups is 9. The molecule has 7 aliphatic rings. The number of allylic oxidation sites excluding steroid dienone is 3. The van der Waals surface area contributed by atoms with Gasteiger partial charge < -0.3 is 136 Å². The van der Waals surface area contributed by atoms with E-state index in [1.165, 1.54) is 11.0 Å². The number of fused-ring (bicyclic) bond motifs is 2. The van der Waals surface area contributed by atoms with Crippen molar-refractivity contribution in [3.8, 4) is 0 Å². The molecule has 26 N–H and O–H groups in total. The molecular formula is C74H116Br2N16O26. The van der Waals surface area contributed by atoms with Crippen molar-refractivity contribution in [3.63, 3.8) is 0 Å². The maximum Gasteiger partial charge on any atom is 0.248 e. The van der Waals surface area contributed by atoms with E-state index in [2.05, 4.69) is 95.7 Å². The zero-order valence-electron chi connectivity index (χ0n) is 65.8. The number of primary amides is 2. The molecule has 3 saturated carbocycles. The number of alkyl halides is 2. The van der Waals surface area contributed by atoms with Crippen molar-refractivity contribution in [3.05, 3.63) is 23.8 Å². The summed E-state index contributed by atoms with van der Waals surface area (Å²) in [5, 5.41) is 142. The van der Waals surface area contributed by atoms with Crippen molar-refractivity contribution in [2.45, 2.75) is 280 Å². The quantitative estimate of drug-likeness (QED) is 0.0475. The van der Waals surface area contributed by atoms with Crippen LogP contribution in [-0.4, -0.2) is 317 Å². The summed E-state index contributed by atoms with van der Waals surface area (Å²) in [6.07, 6.45) is -7.40. The minimum Gasteiger partial charge on any atom is -0.548 e. The summed E-state index contributed by atoms with van der Waals surface area (Å²) >= 11 is 7.21. The number of ether oxygens (including phenoxy) is 1. The standard InChI is InChI=1S/C74H116Br2N16O26/c1-34(8-9-36-10-14-39(75)15-11-36)20-52(97)43-27-57(102)82-50(30-93)69(112)87-49-29-91-28-41(92(33-91)73-62(105)60(103)53(98)32-118-73)23-46(66(109)89-58(35(2)95)71(114)88-51(31-94)70(113)84-45(65(108)83-43)21-37-6-4-3-5-7-37)80-56(101)25-42(96)24-48(74(116)117)81-55(100)18-19-79-64(107)44(22-38-12-16-40(76)17-13-38)86-72(115)59(61(104)63(78)106)90-67(110)47(26-54(77)99)85-68(49)111/h8-9,20,35-53,58-62,73,93-98,103-105H,3-7,10-19,21-33H2,1-2H3,(H2,77,99)(H2,78,106)(H,79,107)(H,80,101)(H,81,100)(H,82,102)(H,83,108)(H,84,113)(H,85,111)(H,86,115)(H,87,112)(H,88,114)(H,89,109)(H,90,110)(H,116,117)/t35-,36?,38?,39?,40?,41?,42+,43-,44-,45-,46-,47-,48-,49+,50-,51-,52-,53-,58-,59-,60-,61+,62+,73-/m0/s1. The van der Waals surface area contributed by atoms with E-state index in [-0.39, 0.29) is 40.3 Å². The van der Waals surface area contributed by atoms with Crippen LogP contribution in [0, 0.1) is 17.8 Å². The number of aliphatic carboxylic acids is 1. The molecular weight excluding hydrogens is 1690 g/mol. The van der Waals surface area contributed by atoms with Gasteiger partial charge in [0.05, 0.1) is 75.6 Å². The second kappa shape index (κ2) is 46.7. The first-order valence-electron chi connectivity index (χ1n) is 40.0. The SMILES string of the molecule is CC(C=CC1CCC(Br)CC1)=C[C@H](O)[C@@H]1CC(=O)N[C@@H](CO)C(=O)N[C@@H]2CN3CC(C[C@H](NC(=O)C[C@H](O)C[C@@H](C(=O)[O-])NC(=O)CCNC(=O)[C@H](CC4CCC(Br)CC4)NC(=O)[C@H]([C@@H](O)C(N)=O)NC(=O)[C@H](CC(N)=O)NC2=O)C(=O)N[C@@H]([C@H](C)O)C(=O)N[C@@H](CO)C(=O)N[C@@H](CC2CCCCC2)C(=O)N1)[NH+]([C@H]1OC[C@H](O)[C@H](O)[C@H]1O)C3. The van der Waals surface area contributed by atoms with Gasteiger partial charge in [0.1, 0.15) is 79.3 Å². The van der Waals surface area contributed by atoms with Gasteiger partial charge in [-0.05, 0) is 102 Å². The van der Waals surface area contributed by atoms with Gasteiger partial charge in [0.25, 0.3) is 0 Å². The number of carbonyl (C=O) groups excluding carboxylic acids is 15. The van der Waals surface area contributed by atoms with Crippen LogP contribution >= 0.6 is 31.9 Å². The van der Waals surface area contributed by atoms with Crippen molar-refractivity contribution >= 4 is 121 Å². The molecule has 3 unspecified atom stereocenters. The highest BCUT2D eigenvalue weighted by molar-refractivity contribution is 9.09. The third-order valence-corrected chi connectivity index (χ3v) is 24.3. The Bertz CT molecular complexity index is 3590. The van der Waals surface area contributed by atoms with Gasteiger partial charge in [0, 0.05) is 42.0 Å². The van der Waals surface area contributed by atoms with E-state index in [0.29, 0.717) is 48.9 Å². The highest BCUT2D eigenvalue weighted by atomic mass is 79.9. The van der Waals surface area contributed by atoms with Crippen LogP contribution in [0.5, 0.6) is 0 Å². The van der Waals surface area contributed by atoms with Crippen molar-refractivity contribution in [1.82, 2.24) is 68.7 Å². The number of halogens is 2. The summed E-state index contributed by atoms with van der Waals surface area (Å²) in [4.78, 5) is 216. The molecule has 0 aromatic carbocycles. The maximum atomic E-state index is 15.4. The predicted molar refractivity (Wildman–Crippen MR) is 416 cm³/mol. The minimum absolute atomic E-state index is 0.0197. The molecule has 22 atom stereocenters. The molecule has 7 fully saturated rings. The number of carboxylic acid groups (broad SMARTS) is 1. The molecule has 7 rings (SSSR count). The lowest BCUT2D eigenvalue weighted by Crippen LogP contribution is -3.20. The average molecular weight is 1810 g/mol. The van der Waals surface area contributed by atoms with E-state index in [1.54, 1.807) is 13.0 Å². The van der Waals surface area contributed by atoms with Gasteiger partial charge in [0.15, 0.2) is 12.2 Å². The number of nitrogens with zero attached hydrogens (tertiary/aromatic N) is 1. The van der Waals surface area contributed by atoms with E-state index < -0.39 is 295 Å². The molecule has 0 aromatic rings. The first-order valence-corrected chi connectivity index (χ1v) is 41.8. The Balaban J connectivity index is 1.39. The minimum atomic E-state index is -2.66. The van der Waals surface area contributed by atoms with Crippen molar-refractivity contribution < 1.29 is 133 Å². The second-order valence-corrected chi connectivity index (χ2v) is 34.5. The van der Waals surface area contributed by atoms with Crippen molar-refractivity contribution in [2.75, 3.05) is 46.1 Å². The summed E-state index contributed by atoms with van der Waals surface area (Å²) in [5.41, 5.74) is 11.6. The first-order chi connectivity index (χ1) is 55.8. The van der Waals surface area contributed by atoms with Crippen LogP contribution in [0.3, 0.4) is 0 Å². The zero-order valence-corrected chi connectivity index (χ0v) is 69.0. The van der Waals surface area contributed by atoms with Crippen molar-refractivity contribution in [1.29, 1.82) is 0 Å². The highest BCUT2D eigenvalue weighted by Crippen LogP contribution is 2.33. The van der Waals surface area contributed by atoms with E-state index >= 15 is 9.59 Å². The van der Waals surface area contributed by atoms with Crippen LogP contribution in [-0.2, 0) is 76.7 Å². The number of nitrogens with two attached hydrogens (primary N) is 2. The van der Waals surface area contributed by atoms with E-state index in [0.717, 1.165) is 51.9 Å². The Morgan fingerprint density at radius 3 is 1.75 bits per heavy atom. The molecule has 4 bridgehead atoms. The smallest absolute Gasteiger partial charge is 0.248 e. The monoisotopic (exact) mass is 1800 g/mol. The number of quaternary nitrogens is 1. The number of carbonyl (C=O) groups is 15. The van der Waals surface area contributed by atoms with Gasteiger partial charge in [-0.15, -0.1) is 0 Å². The van der Waals surface area contributed by atoms with E-state index in [1.807, 2.05) is 6.08 Å². The van der Waals surface area contributed by atoms with Gasteiger partial charge in [-0.25, -0.2) is 4.90 Å². The van der Waals surface area contributed by atoms with Crippen LogP contribution in [0.4, 0.5) is 0 Å². The summed E-state index contributed by atoms with van der Waals surface area (Å²) in [5.74, 6) is -20.7. The van der Waals surface area contributed by atoms with Crippen LogP contribution in [0.1, 0.15) is 149 Å². The van der Waals surface area contributed by atoms with E-state index in [9.17, 15) is 113 Å². The fourth-order valence-corrected chi connectivity index (χ4v) is 16.9. The van der Waals surface area contributed by atoms with Gasteiger partial charge in [-0.1, -0.05) is 87.8 Å². The number of rotatable bonds is 17. The highest BCUT2D eigenvalue weighted by Gasteiger charge is 2.52. The molecule has 4 saturated heterocycles. The maximum absolute atomic E-state index is 15.4. The summed E-state index contributed by atoms with van der Waals surface area (Å²) in [6.45, 7) is -2.97. The summed E-state index contributed by atoms with van der Waals surface area (Å²) in [6, 6.07) is -23.4. The molecule has 0 spiro atoms. The topological polar surface area (TPSA) is 674 Å². The molecule has 0 aromatic heterocycles. The Hall–Kier alpha value is -7.99. The molecule has 14 amide bonds. The molecule has 662 valence electrons. The zero-order chi connectivity index (χ0) is 86.9. The predicted octanol–water partition coefficient (Wildman–Crippen LogP) is -11.3. The van der Waals surface area contributed by atoms with Gasteiger partial charge in [-0.2, -0.15) is 0 Å². The number of amides is 14. The number of nitrogens with one attached hydrogen (secondary N) is 13. The lowest BCUT2D eigenvalue weighted by atomic mass is 9.84. The van der Waals surface area contributed by atoms with E-state index in [4.69, 9.17) is 16.2 Å². The molecule has 118 heavy (non-hydrogen) atoms. The number of hydrogen-bond donors (Lipinski definition) is 24. The van der Waals surface area contributed by atoms with Gasteiger partial charge in [0.2, 0.25) is 88.9 Å². The third-order valence-electron chi connectivity index (χ3n) is 22.5. The third kappa shape index (κ3) is 29.7. The molecule has 44 heteroatoms. The normalized spacial score (nSPS) is 35.4. The Morgan fingerprint density at radius 1 is 0.585 bits per heavy atom. The van der Waals surface area contributed by atoms with Crippen LogP contribution in [0.15, 0.2) is 23.8 Å². The first kappa shape index (κ1) is 97.1. The fourth-order valence-electron chi connectivity index (χ4n) is 15.8. The number of hydrogen-bond acceptors (Lipinski definition) is 27. The molecule has 4 aliphatic heterocycles. The average Bonchev–Trinajstić information content (AvgIpc) is 1.62. The lowest BCUT2D eigenvalue weighted by molar-refractivity contribution is -0.968. The van der Waals surface area contributed by atoms with Gasteiger partial charge in [-0.3, -0.25) is 72.0 Å². The van der Waals surface area contributed by atoms with Crippen molar-refractivity contribution in [2.24, 2.45) is 29.2 Å². The Labute approximate surface area is 697 Å². The molecule has 3 aliphatic carbocycles. The Kier molecular flexibility index (Phi) is 38.4. The molecule has 42 nitrogen and oxygen atoms in total. The molecule has 4 heterocycles. The van der Waals surface area contributed by atoms with Gasteiger partial charge >= 0.3 is 0 Å². The van der Waals surface area contributed by atoms with Crippen LogP contribution in [0.25, 0.3) is 0 Å². The summed E-state index contributed by atoms with van der Waals surface area (Å²) in [7, 11) is 0. The summed E-state index contributed by atoms with van der Waals surface area (Å²) < 4.78 is 5.92. The molecule has 0 radical (unpaired) electrons. The number of carboxylic acids is 1.